The summed E-state index contributed by atoms with van der Waals surface area (Å²) in [5.74, 6) is 5.89. The van der Waals surface area contributed by atoms with Gasteiger partial charge in [-0.3, -0.25) is 0 Å². The molecule has 1 aromatic carbocycles. The molecule has 0 radical (unpaired) electrons. The van der Waals surface area contributed by atoms with Crippen LogP contribution in [0.4, 0.5) is 13.2 Å². The second-order valence-corrected chi connectivity index (χ2v) is 4.50. The molecule has 0 fully saturated rings. The highest BCUT2D eigenvalue weighted by Gasteiger charge is 2.26. The zero-order chi connectivity index (χ0) is 15.7. The number of nitrogens with zero attached hydrogens (tertiary/aromatic N) is 1. The van der Waals surface area contributed by atoms with Gasteiger partial charge in [0.2, 0.25) is 0 Å². The van der Waals surface area contributed by atoms with E-state index in [4.69, 9.17) is 9.84 Å². The Bertz CT molecular complexity index is 492. The number of aliphatic hydroxyl groups is 1. The molecular formula is C15H18F3NO2. The molecule has 116 valence electrons. The largest absolute Gasteiger partial charge is 0.492 e. The second kappa shape index (κ2) is 8.55. The summed E-state index contributed by atoms with van der Waals surface area (Å²) in [7, 11) is 1.62. The van der Waals surface area contributed by atoms with Crippen molar-refractivity contribution in [1.29, 1.82) is 0 Å². The average Bonchev–Trinajstić information content (AvgIpc) is 2.43. The van der Waals surface area contributed by atoms with Gasteiger partial charge in [0, 0.05) is 18.7 Å². The first-order valence-electron chi connectivity index (χ1n) is 6.48. The van der Waals surface area contributed by atoms with Crippen LogP contribution in [0.5, 0.6) is 5.75 Å². The summed E-state index contributed by atoms with van der Waals surface area (Å²) in [6.07, 6.45) is -4.95. The summed E-state index contributed by atoms with van der Waals surface area (Å²) in [6.45, 7) is 0.442. The van der Waals surface area contributed by atoms with E-state index in [9.17, 15) is 13.2 Å². The van der Waals surface area contributed by atoms with E-state index in [2.05, 4.69) is 11.8 Å². The third kappa shape index (κ3) is 8.23. The van der Waals surface area contributed by atoms with Crippen LogP contribution in [0.1, 0.15) is 12.0 Å². The highest BCUT2D eigenvalue weighted by molar-refractivity contribution is 5.39. The number of rotatable bonds is 6. The van der Waals surface area contributed by atoms with Gasteiger partial charge in [-0.05, 0) is 25.2 Å². The van der Waals surface area contributed by atoms with Crippen LogP contribution in [0, 0.1) is 11.8 Å². The van der Waals surface area contributed by atoms with Crippen LogP contribution < -0.4 is 4.74 Å². The molecule has 0 atom stereocenters. The van der Waals surface area contributed by atoms with Gasteiger partial charge in [-0.15, -0.1) is 0 Å². The van der Waals surface area contributed by atoms with E-state index in [1.165, 1.54) is 0 Å². The maximum absolute atomic E-state index is 12.1. The molecule has 3 nitrogen and oxygen atoms in total. The van der Waals surface area contributed by atoms with Crippen molar-refractivity contribution >= 4 is 0 Å². The lowest BCUT2D eigenvalue weighted by Crippen LogP contribution is -2.28. The second-order valence-electron chi connectivity index (χ2n) is 4.50. The van der Waals surface area contributed by atoms with Gasteiger partial charge >= 0.3 is 6.18 Å². The van der Waals surface area contributed by atoms with Crippen LogP contribution in [-0.2, 0) is 0 Å². The minimum absolute atomic E-state index is 0.0468. The van der Waals surface area contributed by atoms with Gasteiger partial charge < -0.3 is 14.7 Å². The molecule has 0 aliphatic carbocycles. The molecule has 0 saturated heterocycles. The lowest BCUT2D eigenvalue weighted by molar-refractivity contribution is -0.137. The van der Waals surface area contributed by atoms with Gasteiger partial charge in [0.05, 0.1) is 6.42 Å². The van der Waals surface area contributed by atoms with E-state index in [1.54, 1.807) is 36.2 Å². The average molecular weight is 301 g/mol. The Hall–Kier alpha value is -1.71. The number of hydrogen-bond donors (Lipinski definition) is 1. The first-order valence-corrected chi connectivity index (χ1v) is 6.48. The fourth-order valence-electron chi connectivity index (χ4n) is 1.55. The summed E-state index contributed by atoms with van der Waals surface area (Å²) < 4.78 is 41.7. The van der Waals surface area contributed by atoms with Crippen molar-refractivity contribution < 1.29 is 23.0 Å². The third-order valence-corrected chi connectivity index (χ3v) is 2.66. The Morgan fingerprint density at radius 2 is 2.05 bits per heavy atom. The van der Waals surface area contributed by atoms with Gasteiger partial charge in [-0.25, -0.2) is 0 Å². The van der Waals surface area contributed by atoms with Gasteiger partial charge in [-0.1, -0.05) is 17.9 Å². The smallest absolute Gasteiger partial charge is 0.390 e. The Morgan fingerprint density at radius 1 is 1.29 bits per heavy atom. The van der Waals surface area contributed by atoms with Crippen LogP contribution in [0.2, 0.25) is 0 Å². The molecule has 1 aromatic rings. The standard InChI is InChI=1S/C15H18F3NO2/c1-19(8-7-15(16,17)18)9-11-21-14-6-2-4-13(12-14)5-3-10-20/h2,4,6,12,20H,7-11H2,1H3. The maximum Gasteiger partial charge on any atom is 0.390 e. The predicted molar refractivity (Wildman–Crippen MR) is 74.1 cm³/mol. The Labute approximate surface area is 122 Å². The lowest BCUT2D eigenvalue weighted by atomic mass is 10.2. The van der Waals surface area contributed by atoms with Crippen LogP contribution in [0.3, 0.4) is 0 Å². The molecule has 0 amide bonds. The predicted octanol–water partition coefficient (Wildman–Crippen LogP) is 2.29. The van der Waals surface area contributed by atoms with Gasteiger partial charge in [0.1, 0.15) is 19.0 Å². The van der Waals surface area contributed by atoms with Crippen molar-refractivity contribution in [3.63, 3.8) is 0 Å². The van der Waals surface area contributed by atoms with E-state index >= 15 is 0 Å². The van der Waals surface area contributed by atoms with Crippen LogP contribution in [0.15, 0.2) is 24.3 Å². The Kier molecular flexibility index (Phi) is 7.06. The van der Waals surface area contributed by atoms with E-state index in [0.29, 0.717) is 24.5 Å². The lowest BCUT2D eigenvalue weighted by Gasteiger charge is -2.17. The van der Waals surface area contributed by atoms with Crippen LogP contribution in [0.25, 0.3) is 0 Å². The minimum atomic E-state index is -4.13. The molecule has 1 rings (SSSR count). The monoisotopic (exact) mass is 301 g/mol. The molecule has 0 aliphatic heterocycles. The normalized spacial score (nSPS) is 11.1. The maximum atomic E-state index is 12.1. The number of alkyl halides is 3. The van der Waals surface area contributed by atoms with E-state index in [0.717, 1.165) is 0 Å². The highest BCUT2D eigenvalue weighted by Crippen LogP contribution is 2.19. The van der Waals surface area contributed by atoms with E-state index in [1.807, 2.05) is 0 Å². The first kappa shape index (κ1) is 17.3. The number of hydrogen-bond acceptors (Lipinski definition) is 3. The summed E-state index contributed by atoms with van der Waals surface area (Å²) >= 11 is 0. The summed E-state index contributed by atoms with van der Waals surface area (Å²) in [4.78, 5) is 1.57. The number of benzene rings is 1. The van der Waals surface area contributed by atoms with Crippen molar-refractivity contribution in [3.05, 3.63) is 29.8 Å². The fraction of sp³-hybridized carbons (Fsp3) is 0.467. The molecule has 0 bridgehead atoms. The molecular weight excluding hydrogens is 283 g/mol. The molecule has 0 heterocycles. The fourth-order valence-corrected chi connectivity index (χ4v) is 1.55. The highest BCUT2D eigenvalue weighted by atomic mass is 19.4. The Balaban J connectivity index is 2.35. The Morgan fingerprint density at radius 3 is 2.71 bits per heavy atom. The summed E-state index contributed by atoms with van der Waals surface area (Å²) in [5, 5.41) is 8.62. The van der Waals surface area contributed by atoms with E-state index < -0.39 is 12.6 Å². The van der Waals surface area contributed by atoms with Crippen molar-refractivity contribution in [3.8, 4) is 17.6 Å². The quantitative estimate of drug-likeness (QED) is 0.818. The number of likely N-dealkylation sites (N-methyl/N-ethyl adjacent to an activating group) is 1. The zero-order valence-corrected chi connectivity index (χ0v) is 11.8. The first-order chi connectivity index (χ1) is 9.90. The molecule has 6 heteroatoms. The molecule has 0 saturated carbocycles. The van der Waals surface area contributed by atoms with Gasteiger partial charge in [-0.2, -0.15) is 13.2 Å². The topological polar surface area (TPSA) is 32.7 Å². The SMILES string of the molecule is CN(CCOc1cccc(C#CCO)c1)CCC(F)(F)F. The molecule has 0 unspecified atom stereocenters. The summed E-state index contributed by atoms with van der Waals surface area (Å²) in [6, 6.07) is 7.02. The zero-order valence-electron chi connectivity index (χ0n) is 11.8. The molecule has 0 aliphatic rings. The third-order valence-electron chi connectivity index (χ3n) is 2.66. The number of halogens is 3. The van der Waals surface area contributed by atoms with Gasteiger partial charge in [0.15, 0.2) is 0 Å². The van der Waals surface area contributed by atoms with E-state index in [-0.39, 0.29) is 13.2 Å². The van der Waals surface area contributed by atoms with Crippen molar-refractivity contribution in [2.45, 2.75) is 12.6 Å². The van der Waals surface area contributed by atoms with Crippen LogP contribution in [-0.4, -0.2) is 49.5 Å². The van der Waals surface area contributed by atoms with Crippen molar-refractivity contribution in [2.24, 2.45) is 0 Å². The molecule has 0 aromatic heterocycles. The number of aliphatic hydroxyl groups excluding tert-OH is 1. The number of ether oxygens (including phenoxy) is 1. The van der Waals surface area contributed by atoms with Crippen molar-refractivity contribution in [1.82, 2.24) is 4.90 Å². The van der Waals surface area contributed by atoms with Gasteiger partial charge in [0.25, 0.3) is 0 Å². The van der Waals surface area contributed by atoms with Crippen molar-refractivity contribution in [2.75, 3.05) is 33.4 Å². The summed E-state index contributed by atoms with van der Waals surface area (Å²) in [5.41, 5.74) is 0.715. The van der Waals surface area contributed by atoms with Crippen LogP contribution >= 0.6 is 0 Å². The molecule has 0 spiro atoms. The molecule has 1 N–H and O–H groups in total. The molecule has 21 heavy (non-hydrogen) atoms. The minimum Gasteiger partial charge on any atom is -0.492 e.